The van der Waals surface area contributed by atoms with E-state index in [1.54, 1.807) is 20.8 Å². The fourth-order valence-corrected chi connectivity index (χ4v) is 4.94. The molecule has 1 aliphatic rings. The Morgan fingerprint density at radius 3 is 2.41 bits per heavy atom. The molecule has 0 saturated carbocycles. The number of ether oxygens (including phenoxy) is 2. The molecule has 3 rings (SSSR count). The van der Waals surface area contributed by atoms with E-state index in [1.807, 2.05) is 0 Å². The molecule has 1 unspecified atom stereocenters. The Labute approximate surface area is 210 Å². The fraction of sp³-hybridized carbons (Fsp3) is 0.391. The third-order valence-corrected chi connectivity index (χ3v) is 6.72. The molecular weight excluding hydrogens is 522 g/mol. The van der Waals surface area contributed by atoms with Crippen molar-refractivity contribution in [3.63, 3.8) is 0 Å². The maximum absolute atomic E-state index is 13.8. The van der Waals surface area contributed by atoms with Crippen molar-refractivity contribution < 1.29 is 45.0 Å². The van der Waals surface area contributed by atoms with Gasteiger partial charge in [0, 0.05) is 12.6 Å². The summed E-state index contributed by atoms with van der Waals surface area (Å²) < 4.78 is 92.4. The Hall–Kier alpha value is -3.55. The number of anilines is 2. The third-order valence-electron chi connectivity index (χ3n) is 4.95. The van der Waals surface area contributed by atoms with Crippen LogP contribution in [0.3, 0.4) is 0 Å². The zero-order valence-electron chi connectivity index (χ0n) is 20.3. The van der Waals surface area contributed by atoms with Gasteiger partial charge >= 0.3 is 12.3 Å². The second kappa shape index (κ2) is 10.1. The molecule has 0 radical (unpaired) electrons. The van der Waals surface area contributed by atoms with Gasteiger partial charge in [0.1, 0.15) is 23.3 Å². The van der Waals surface area contributed by atoms with E-state index in [-0.39, 0.29) is 29.7 Å². The number of nitrogens with zero attached hydrogens (tertiary/aromatic N) is 1. The van der Waals surface area contributed by atoms with Gasteiger partial charge < -0.3 is 14.8 Å². The van der Waals surface area contributed by atoms with Crippen LogP contribution >= 0.6 is 0 Å². The third kappa shape index (κ3) is 6.81. The van der Waals surface area contributed by atoms with Gasteiger partial charge in [-0.2, -0.15) is 13.2 Å². The van der Waals surface area contributed by atoms with Crippen LogP contribution in [0, 0.1) is 5.82 Å². The molecule has 1 aliphatic heterocycles. The van der Waals surface area contributed by atoms with E-state index < -0.39 is 62.7 Å². The van der Waals surface area contributed by atoms with Gasteiger partial charge in [-0.05, 0) is 57.2 Å². The first-order valence-corrected chi connectivity index (χ1v) is 12.4. The molecule has 0 spiro atoms. The molecular formula is C23H25F4N3O6S. The number of halogens is 4. The van der Waals surface area contributed by atoms with Gasteiger partial charge in [-0.15, -0.1) is 0 Å². The van der Waals surface area contributed by atoms with Crippen molar-refractivity contribution in [2.24, 2.45) is 0 Å². The van der Waals surface area contributed by atoms with E-state index in [2.05, 4.69) is 10.6 Å². The van der Waals surface area contributed by atoms with Crippen LogP contribution in [-0.4, -0.2) is 45.2 Å². The molecule has 2 amide bonds. The van der Waals surface area contributed by atoms with E-state index in [0.29, 0.717) is 6.07 Å². The highest BCUT2D eigenvalue weighted by molar-refractivity contribution is 7.92. The highest BCUT2D eigenvalue weighted by atomic mass is 32.2. The Morgan fingerprint density at radius 1 is 1.14 bits per heavy atom. The minimum Gasteiger partial charge on any atom is -0.484 e. The second-order valence-electron chi connectivity index (χ2n) is 9.16. The van der Waals surface area contributed by atoms with Gasteiger partial charge in [-0.1, -0.05) is 0 Å². The lowest BCUT2D eigenvalue weighted by atomic mass is 10.2. The minimum absolute atomic E-state index is 0.0260. The number of sulfonamides is 1. The first-order valence-electron chi connectivity index (χ1n) is 10.9. The second-order valence-corrected chi connectivity index (χ2v) is 11.0. The molecule has 0 bridgehead atoms. The molecule has 202 valence electrons. The number of carbonyl (C=O) groups is 2. The molecule has 0 aliphatic carbocycles. The zero-order valence-corrected chi connectivity index (χ0v) is 21.1. The normalized spacial score (nSPS) is 15.9. The van der Waals surface area contributed by atoms with Gasteiger partial charge in [0.25, 0.3) is 10.0 Å². The summed E-state index contributed by atoms with van der Waals surface area (Å²) in [4.78, 5) is 22.7. The van der Waals surface area contributed by atoms with Crippen LogP contribution in [0.15, 0.2) is 41.3 Å². The van der Waals surface area contributed by atoms with Gasteiger partial charge in [0.2, 0.25) is 5.91 Å². The van der Waals surface area contributed by atoms with Crippen LogP contribution in [0.1, 0.15) is 33.3 Å². The number of hydrogen-bond acceptors (Lipinski definition) is 6. The summed E-state index contributed by atoms with van der Waals surface area (Å²) in [5.74, 6) is -2.01. The summed E-state index contributed by atoms with van der Waals surface area (Å²) in [5.41, 5.74) is -2.53. The molecule has 1 atom stereocenters. The van der Waals surface area contributed by atoms with Crippen molar-refractivity contribution in [2.75, 3.05) is 22.7 Å². The molecule has 1 heterocycles. The van der Waals surface area contributed by atoms with Crippen LogP contribution in [0.2, 0.25) is 0 Å². The van der Waals surface area contributed by atoms with E-state index in [0.717, 1.165) is 10.4 Å². The van der Waals surface area contributed by atoms with Crippen molar-refractivity contribution in [2.45, 2.75) is 50.5 Å². The molecule has 2 N–H and O–H groups in total. The Bertz CT molecular complexity index is 1310. The fourth-order valence-electron chi connectivity index (χ4n) is 3.41. The number of hydrogen-bond donors (Lipinski definition) is 2. The topological polar surface area (TPSA) is 114 Å². The lowest BCUT2D eigenvalue weighted by Crippen LogP contribution is -2.48. The van der Waals surface area contributed by atoms with Crippen LogP contribution in [0.5, 0.6) is 5.75 Å². The van der Waals surface area contributed by atoms with Crippen LogP contribution in [0.25, 0.3) is 0 Å². The highest BCUT2D eigenvalue weighted by Gasteiger charge is 2.39. The van der Waals surface area contributed by atoms with E-state index in [9.17, 15) is 35.6 Å². The summed E-state index contributed by atoms with van der Waals surface area (Å²) in [7, 11) is -4.69. The number of nitrogens with one attached hydrogen (secondary N) is 2. The first kappa shape index (κ1) is 28.0. The average Bonchev–Trinajstić information content (AvgIpc) is 2.75. The van der Waals surface area contributed by atoms with Crippen LogP contribution in [0.4, 0.5) is 33.7 Å². The Kier molecular flexibility index (Phi) is 7.63. The molecule has 0 aromatic heterocycles. The smallest absolute Gasteiger partial charge is 0.419 e. The van der Waals surface area contributed by atoms with Crippen LogP contribution in [-0.2, 0) is 25.7 Å². The highest BCUT2D eigenvalue weighted by Crippen LogP contribution is 2.40. The van der Waals surface area contributed by atoms with Gasteiger partial charge in [-0.25, -0.2) is 17.6 Å². The number of fused-ring (bicyclic) bond motifs is 1. The molecule has 0 saturated heterocycles. The van der Waals surface area contributed by atoms with Crippen molar-refractivity contribution in [1.29, 1.82) is 0 Å². The summed E-state index contributed by atoms with van der Waals surface area (Å²) in [6.45, 7) is 5.69. The maximum atomic E-state index is 13.8. The monoisotopic (exact) mass is 547 g/mol. The number of alkyl halides is 3. The zero-order chi connectivity index (χ0) is 27.8. The summed E-state index contributed by atoms with van der Waals surface area (Å²) in [6, 6.07) is 5.38. The van der Waals surface area contributed by atoms with Crippen molar-refractivity contribution in [1.82, 2.24) is 5.32 Å². The first-order chi connectivity index (χ1) is 17.0. The lowest BCUT2D eigenvalue weighted by Gasteiger charge is -2.36. The van der Waals surface area contributed by atoms with Crippen LogP contribution < -0.4 is 19.7 Å². The number of benzene rings is 2. The lowest BCUT2D eigenvalue weighted by molar-refractivity contribution is -0.140. The molecule has 0 fully saturated rings. The number of amides is 2. The quantitative estimate of drug-likeness (QED) is 0.540. The molecule has 14 heteroatoms. The maximum Gasteiger partial charge on any atom is 0.419 e. The van der Waals surface area contributed by atoms with E-state index >= 15 is 0 Å². The van der Waals surface area contributed by atoms with E-state index in [4.69, 9.17) is 9.47 Å². The molecule has 2 aromatic carbocycles. The van der Waals surface area contributed by atoms with Gasteiger partial charge in [0.05, 0.1) is 29.2 Å². The summed E-state index contributed by atoms with van der Waals surface area (Å²) >= 11 is 0. The van der Waals surface area contributed by atoms with Crippen molar-refractivity contribution in [3.8, 4) is 5.75 Å². The predicted octanol–water partition coefficient (Wildman–Crippen LogP) is 4.28. The summed E-state index contributed by atoms with van der Waals surface area (Å²) in [6.07, 6.45) is -6.86. The average molecular weight is 548 g/mol. The molecule has 37 heavy (non-hydrogen) atoms. The standard InChI is InChI=1S/C23H25F4N3O6S/c1-13(31)28-11-15-12-30(37(33,34)16-6-7-18(24)17(10-16)23(25,26)27)19-9-14(5-8-20(19)35-15)29-21(32)36-22(2,3)4/h5-10,15H,11-12H2,1-4H3,(H,28,31)(H,29,32). The van der Waals surface area contributed by atoms with Crippen molar-refractivity contribution in [3.05, 3.63) is 47.8 Å². The predicted molar refractivity (Wildman–Crippen MR) is 125 cm³/mol. The summed E-state index contributed by atoms with van der Waals surface area (Å²) in [5, 5.41) is 4.95. The largest absolute Gasteiger partial charge is 0.484 e. The Balaban J connectivity index is 2.05. The van der Waals surface area contributed by atoms with Gasteiger partial charge in [-0.3, -0.25) is 14.4 Å². The number of carbonyl (C=O) groups excluding carboxylic acids is 2. The van der Waals surface area contributed by atoms with Gasteiger partial charge in [0.15, 0.2) is 0 Å². The minimum atomic E-state index is -5.13. The Morgan fingerprint density at radius 2 is 1.81 bits per heavy atom. The number of rotatable bonds is 5. The molecule has 9 nitrogen and oxygen atoms in total. The van der Waals surface area contributed by atoms with Crippen molar-refractivity contribution >= 4 is 33.4 Å². The SMILES string of the molecule is CC(=O)NCC1CN(S(=O)(=O)c2ccc(F)c(C(F)(F)F)c2)c2cc(NC(=O)OC(C)(C)C)ccc2O1. The molecule has 2 aromatic rings. The van der Waals surface area contributed by atoms with E-state index in [1.165, 1.54) is 25.1 Å².